The average Bonchev–Trinajstić information content (AvgIpc) is 2.01. The van der Waals surface area contributed by atoms with Crippen molar-refractivity contribution in [2.24, 2.45) is 5.92 Å². The smallest absolute Gasteiger partial charge is 0.220 e. The van der Waals surface area contributed by atoms with Crippen molar-refractivity contribution in [1.29, 1.82) is 0 Å². The molecule has 0 aromatic rings. The second kappa shape index (κ2) is 4.34. The zero-order valence-electron chi connectivity index (χ0n) is 6.68. The van der Waals surface area contributed by atoms with E-state index in [1.165, 1.54) is 0 Å². The van der Waals surface area contributed by atoms with Gasteiger partial charge in [0.15, 0.2) is 0 Å². The summed E-state index contributed by atoms with van der Waals surface area (Å²) in [5.74, 6) is 0.676. The summed E-state index contributed by atoms with van der Waals surface area (Å²) in [6, 6.07) is 0. The van der Waals surface area contributed by atoms with Gasteiger partial charge >= 0.3 is 0 Å². The Bertz CT molecular complexity index is 136. The molecule has 1 saturated heterocycles. The molecule has 2 N–H and O–H groups in total. The molecule has 1 fully saturated rings. The molecule has 3 nitrogen and oxygen atoms in total. The van der Waals surface area contributed by atoms with Crippen LogP contribution in [0.15, 0.2) is 0 Å². The fourth-order valence-electron chi connectivity index (χ4n) is 1.48. The lowest BCUT2D eigenvalue weighted by Crippen LogP contribution is -2.33. The normalized spacial score (nSPS) is 24.8. The Morgan fingerprint density at radius 2 is 2.45 bits per heavy atom. The summed E-state index contributed by atoms with van der Waals surface area (Å²) in [6.45, 7) is 1.06. The highest BCUT2D eigenvalue weighted by Gasteiger charge is 2.17. The van der Waals surface area contributed by atoms with Gasteiger partial charge in [-0.1, -0.05) is 0 Å². The summed E-state index contributed by atoms with van der Waals surface area (Å²) in [4.78, 5) is 10.9. The summed E-state index contributed by atoms with van der Waals surface area (Å²) >= 11 is 0. The Hall–Kier alpha value is -0.570. The second-order valence-corrected chi connectivity index (χ2v) is 3.07. The summed E-state index contributed by atoms with van der Waals surface area (Å²) in [5.41, 5.74) is 0. The first kappa shape index (κ1) is 8.53. The quantitative estimate of drug-likeness (QED) is 0.618. The molecule has 0 aliphatic carbocycles. The van der Waals surface area contributed by atoms with Gasteiger partial charge in [-0.05, 0) is 25.2 Å². The van der Waals surface area contributed by atoms with Crippen molar-refractivity contribution >= 4 is 5.91 Å². The number of aliphatic hydroxyl groups excluding tert-OH is 1. The van der Waals surface area contributed by atoms with E-state index in [9.17, 15) is 4.79 Å². The molecule has 0 bridgehead atoms. The van der Waals surface area contributed by atoms with Crippen LogP contribution in [0.3, 0.4) is 0 Å². The number of rotatable bonds is 3. The number of aliphatic hydroxyl groups is 1. The van der Waals surface area contributed by atoms with Crippen molar-refractivity contribution < 1.29 is 9.90 Å². The number of carbonyl (C=O) groups is 1. The molecule has 1 heterocycles. The molecule has 1 aliphatic rings. The van der Waals surface area contributed by atoms with E-state index in [0.29, 0.717) is 12.3 Å². The van der Waals surface area contributed by atoms with Gasteiger partial charge in [-0.3, -0.25) is 4.79 Å². The predicted molar refractivity (Wildman–Crippen MR) is 42.1 cm³/mol. The number of amides is 1. The highest BCUT2D eigenvalue weighted by Crippen LogP contribution is 2.17. The molecule has 11 heavy (non-hydrogen) atoms. The van der Waals surface area contributed by atoms with Gasteiger partial charge in [0.2, 0.25) is 5.91 Å². The molecule has 0 aromatic carbocycles. The number of hydrogen-bond acceptors (Lipinski definition) is 2. The fraction of sp³-hybridized carbons (Fsp3) is 0.875. The van der Waals surface area contributed by atoms with Crippen LogP contribution in [0, 0.1) is 5.92 Å². The van der Waals surface area contributed by atoms with Crippen LogP contribution in [0.25, 0.3) is 0 Å². The van der Waals surface area contributed by atoms with Crippen molar-refractivity contribution in [3.63, 3.8) is 0 Å². The maximum absolute atomic E-state index is 10.9. The number of nitrogens with one attached hydrogen (secondary N) is 1. The molecular weight excluding hydrogens is 142 g/mol. The predicted octanol–water partition coefficient (Wildman–Crippen LogP) is 0.285. The molecule has 0 radical (unpaired) electrons. The second-order valence-electron chi connectivity index (χ2n) is 3.07. The maximum Gasteiger partial charge on any atom is 0.220 e. The zero-order valence-corrected chi connectivity index (χ0v) is 6.68. The molecule has 64 valence electrons. The van der Waals surface area contributed by atoms with Crippen LogP contribution in [0.2, 0.25) is 0 Å². The average molecular weight is 157 g/mol. The lowest BCUT2D eigenvalue weighted by Gasteiger charge is -2.21. The van der Waals surface area contributed by atoms with E-state index in [-0.39, 0.29) is 12.5 Å². The standard InChI is InChI=1S/C8H15NO2/c10-5-1-2-7-3-4-9-8(11)6-7/h7,10H,1-6H2,(H,9,11). The molecule has 1 amide bonds. The van der Waals surface area contributed by atoms with Crippen molar-refractivity contribution in [2.45, 2.75) is 25.7 Å². The van der Waals surface area contributed by atoms with Crippen molar-refractivity contribution in [2.75, 3.05) is 13.2 Å². The lowest BCUT2D eigenvalue weighted by molar-refractivity contribution is -0.123. The molecule has 1 aliphatic heterocycles. The van der Waals surface area contributed by atoms with Gasteiger partial charge in [-0.2, -0.15) is 0 Å². The van der Waals surface area contributed by atoms with E-state index in [0.717, 1.165) is 25.8 Å². The first-order valence-corrected chi connectivity index (χ1v) is 4.20. The minimum Gasteiger partial charge on any atom is -0.396 e. The monoisotopic (exact) mass is 157 g/mol. The Morgan fingerprint density at radius 3 is 3.09 bits per heavy atom. The summed E-state index contributed by atoms with van der Waals surface area (Å²) < 4.78 is 0. The first-order chi connectivity index (χ1) is 5.33. The molecular formula is C8H15NO2. The number of carbonyl (C=O) groups excluding carboxylic acids is 1. The third kappa shape index (κ3) is 2.89. The highest BCUT2D eigenvalue weighted by molar-refractivity contribution is 5.76. The van der Waals surface area contributed by atoms with Crippen LogP contribution in [0.5, 0.6) is 0 Å². The van der Waals surface area contributed by atoms with Crippen molar-refractivity contribution in [1.82, 2.24) is 5.32 Å². The van der Waals surface area contributed by atoms with E-state index in [1.807, 2.05) is 0 Å². The minimum atomic E-state index is 0.166. The Balaban J connectivity index is 2.17. The molecule has 1 unspecified atom stereocenters. The summed E-state index contributed by atoms with van der Waals surface area (Å²) in [6.07, 6.45) is 3.55. The van der Waals surface area contributed by atoms with E-state index in [2.05, 4.69) is 5.32 Å². The molecule has 0 saturated carbocycles. The van der Waals surface area contributed by atoms with Crippen molar-refractivity contribution in [3.05, 3.63) is 0 Å². The van der Waals surface area contributed by atoms with Gasteiger partial charge in [0.05, 0.1) is 0 Å². The van der Waals surface area contributed by atoms with Crippen LogP contribution < -0.4 is 5.32 Å². The van der Waals surface area contributed by atoms with Gasteiger partial charge in [-0.15, -0.1) is 0 Å². The summed E-state index contributed by atoms with van der Waals surface area (Å²) in [7, 11) is 0. The van der Waals surface area contributed by atoms with Crippen LogP contribution >= 0.6 is 0 Å². The Labute approximate surface area is 66.8 Å². The van der Waals surface area contributed by atoms with E-state index < -0.39 is 0 Å². The Morgan fingerprint density at radius 1 is 1.64 bits per heavy atom. The molecule has 0 spiro atoms. The van der Waals surface area contributed by atoms with Crippen LogP contribution in [-0.4, -0.2) is 24.2 Å². The molecule has 0 aromatic heterocycles. The largest absolute Gasteiger partial charge is 0.396 e. The highest BCUT2D eigenvalue weighted by atomic mass is 16.2. The van der Waals surface area contributed by atoms with Crippen LogP contribution in [0.4, 0.5) is 0 Å². The minimum absolute atomic E-state index is 0.166. The van der Waals surface area contributed by atoms with E-state index in [1.54, 1.807) is 0 Å². The van der Waals surface area contributed by atoms with Gasteiger partial charge < -0.3 is 10.4 Å². The first-order valence-electron chi connectivity index (χ1n) is 4.20. The SMILES string of the molecule is O=C1CC(CCCO)CCN1. The van der Waals surface area contributed by atoms with Gasteiger partial charge in [0.1, 0.15) is 0 Å². The van der Waals surface area contributed by atoms with Crippen LogP contribution in [0.1, 0.15) is 25.7 Å². The zero-order chi connectivity index (χ0) is 8.10. The van der Waals surface area contributed by atoms with Gasteiger partial charge in [-0.25, -0.2) is 0 Å². The molecule has 1 atom stereocenters. The Kier molecular flexibility index (Phi) is 3.36. The maximum atomic E-state index is 10.9. The lowest BCUT2D eigenvalue weighted by atomic mass is 9.93. The van der Waals surface area contributed by atoms with Gasteiger partial charge in [0.25, 0.3) is 0 Å². The van der Waals surface area contributed by atoms with Crippen LogP contribution in [-0.2, 0) is 4.79 Å². The summed E-state index contributed by atoms with van der Waals surface area (Å²) in [5, 5.41) is 11.3. The number of hydrogen-bond donors (Lipinski definition) is 2. The van der Waals surface area contributed by atoms with Gasteiger partial charge in [0, 0.05) is 19.6 Å². The third-order valence-corrected chi connectivity index (χ3v) is 2.12. The van der Waals surface area contributed by atoms with E-state index >= 15 is 0 Å². The molecule has 3 heteroatoms. The topological polar surface area (TPSA) is 49.3 Å². The fourth-order valence-corrected chi connectivity index (χ4v) is 1.48. The third-order valence-electron chi connectivity index (χ3n) is 2.12. The number of piperidine rings is 1. The van der Waals surface area contributed by atoms with Crippen molar-refractivity contribution in [3.8, 4) is 0 Å². The molecule has 1 rings (SSSR count). The van der Waals surface area contributed by atoms with E-state index in [4.69, 9.17) is 5.11 Å².